The van der Waals surface area contributed by atoms with E-state index in [4.69, 9.17) is 5.11 Å². The van der Waals surface area contributed by atoms with Crippen LogP contribution in [0.1, 0.15) is 20.7 Å². The third-order valence-electron chi connectivity index (χ3n) is 2.67. The van der Waals surface area contributed by atoms with Crippen molar-refractivity contribution in [3.8, 4) is 5.75 Å². The first-order valence-electron chi connectivity index (χ1n) is 5.72. The summed E-state index contributed by atoms with van der Waals surface area (Å²) in [5.74, 6) is -3.41. The van der Waals surface area contributed by atoms with Gasteiger partial charge < -0.3 is 15.5 Å². The van der Waals surface area contributed by atoms with Crippen LogP contribution in [0.3, 0.4) is 0 Å². The lowest BCUT2D eigenvalue weighted by atomic mass is 10.1. The maximum atomic E-state index is 13.6. The van der Waals surface area contributed by atoms with Gasteiger partial charge in [0.1, 0.15) is 17.1 Å². The lowest BCUT2D eigenvalue weighted by molar-refractivity contribution is 0.0695. The number of hydrogen-bond donors (Lipinski definition) is 3. The van der Waals surface area contributed by atoms with E-state index in [1.165, 1.54) is 30.3 Å². The van der Waals surface area contributed by atoms with Gasteiger partial charge in [0, 0.05) is 10.2 Å². The monoisotopic (exact) mass is 353 g/mol. The van der Waals surface area contributed by atoms with Gasteiger partial charge in [-0.25, -0.2) is 9.18 Å². The molecule has 3 N–H and O–H groups in total. The fourth-order valence-electron chi connectivity index (χ4n) is 1.70. The molecular formula is C14H9BrFNO4. The number of carboxylic acid groups (broad SMARTS) is 1. The number of carbonyl (C=O) groups excluding carboxylic acids is 1. The number of aromatic hydroxyl groups is 1. The van der Waals surface area contributed by atoms with Crippen LogP contribution in [0.2, 0.25) is 0 Å². The van der Waals surface area contributed by atoms with Crippen molar-refractivity contribution in [1.82, 2.24) is 0 Å². The van der Waals surface area contributed by atoms with Crippen LogP contribution in [0.4, 0.5) is 10.1 Å². The smallest absolute Gasteiger partial charge is 0.336 e. The quantitative estimate of drug-likeness (QED) is 0.790. The minimum atomic E-state index is -1.17. The zero-order chi connectivity index (χ0) is 15.6. The second-order valence-electron chi connectivity index (χ2n) is 4.09. The molecule has 0 bridgehead atoms. The molecule has 0 aliphatic rings. The predicted molar refractivity (Wildman–Crippen MR) is 77.1 cm³/mol. The van der Waals surface area contributed by atoms with Crippen LogP contribution < -0.4 is 5.32 Å². The van der Waals surface area contributed by atoms with Crippen molar-refractivity contribution in [2.24, 2.45) is 0 Å². The van der Waals surface area contributed by atoms with Gasteiger partial charge in [-0.15, -0.1) is 0 Å². The van der Waals surface area contributed by atoms with Gasteiger partial charge in [0.15, 0.2) is 0 Å². The molecule has 0 heterocycles. The zero-order valence-electron chi connectivity index (χ0n) is 10.4. The molecule has 0 aliphatic carbocycles. The summed E-state index contributed by atoms with van der Waals surface area (Å²) in [6.45, 7) is 0. The number of anilines is 1. The molecule has 0 fully saturated rings. The highest BCUT2D eigenvalue weighted by Crippen LogP contribution is 2.24. The molecule has 0 aliphatic heterocycles. The summed E-state index contributed by atoms with van der Waals surface area (Å²) in [5, 5.41) is 20.9. The number of nitrogens with one attached hydrogen (secondary N) is 1. The Balaban J connectivity index is 2.32. The summed E-state index contributed by atoms with van der Waals surface area (Å²) >= 11 is 3.07. The van der Waals surface area contributed by atoms with Crippen LogP contribution in [-0.2, 0) is 0 Å². The molecule has 108 valence electrons. The maximum Gasteiger partial charge on any atom is 0.336 e. The Morgan fingerprint density at radius 1 is 1.19 bits per heavy atom. The van der Waals surface area contributed by atoms with E-state index in [2.05, 4.69) is 21.2 Å². The molecule has 0 spiro atoms. The summed E-state index contributed by atoms with van der Waals surface area (Å²) in [6, 6.07) is 7.61. The molecule has 0 radical (unpaired) electrons. The van der Waals surface area contributed by atoms with Crippen LogP contribution in [0.15, 0.2) is 40.9 Å². The van der Waals surface area contributed by atoms with E-state index >= 15 is 0 Å². The molecule has 0 saturated carbocycles. The predicted octanol–water partition coefficient (Wildman–Crippen LogP) is 3.24. The molecule has 2 rings (SSSR count). The zero-order valence-corrected chi connectivity index (χ0v) is 12.0. The number of carbonyl (C=O) groups is 2. The van der Waals surface area contributed by atoms with Crippen molar-refractivity contribution in [1.29, 1.82) is 0 Å². The Kier molecular flexibility index (Phi) is 4.23. The molecule has 0 atom stereocenters. The first-order chi connectivity index (χ1) is 9.90. The number of aromatic carboxylic acids is 1. The summed E-state index contributed by atoms with van der Waals surface area (Å²) in [4.78, 5) is 22.9. The number of benzene rings is 2. The topological polar surface area (TPSA) is 86.6 Å². The summed E-state index contributed by atoms with van der Waals surface area (Å²) in [5.41, 5.74) is -0.383. The molecule has 1 amide bonds. The van der Waals surface area contributed by atoms with Crippen LogP contribution in [-0.4, -0.2) is 22.1 Å². The van der Waals surface area contributed by atoms with Gasteiger partial charge in [0.2, 0.25) is 0 Å². The van der Waals surface area contributed by atoms with Gasteiger partial charge in [-0.1, -0.05) is 6.07 Å². The lowest BCUT2D eigenvalue weighted by Gasteiger charge is -2.09. The second-order valence-corrected chi connectivity index (χ2v) is 4.94. The number of hydrogen-bond acceptors (Lipinski definition) is 3. The van der Waals surface area contributed by atoms with Crippen molar-refractivity contribution < 1.29 is 24.2 Å². The molecule has 2 aromatic rings. The second kappa shape index (κ2) is 5.92. The average Bonchev–Trinajstić information content (AvgIpc) is 2.40. The number of phenolic OH excluding ortho intramolecular Hbond substituents is 1. The Morgan fingerprint density at radius 3 is 2.52 bits per heavy atom. The number of phenols is 1. The maximum absolute atomic E-state index is 13.6. The highest BCUT2D eigenvalue weighted by molar-refractivity contribution is 9.10. The normalized spacial score (nSPS) is 10.2. The molecule has 5 nitrogen and oxygen atoms in total. The minimum absolute atomic E-state index is 0.0504. The standard InChI is InChI=1S/C14H9BrFNO4/c15-9-5-4-7(6-8(9)14(20)21)17-13(19)12-10(16)2-1-3-11(12)18/h1-6,18H,(H,17,19)(H,20,21). The third-order valence-corrected chi connectivity index (χ3v) is 3.36. The Hall–Kier alpha value is -2.41. The fraction of sp³-hybridized carbons (Fsp3) is 0. The van der Waals surface area contributed by atoms with E-state index in [9.17, 15) is 19.1 Å². The van der Waals surface area contributed by atoms with E-state index in [1.54, 1.807) is 0 Å². The van der Waals surface area contributed by atoms with Crippen LogP contribution in [0.5, 0.6) is 5.75 Å². The van der Waals surface area contributed by atoms with Gasteiger partial charge in [-0.05, 0) is 46.3 Å². The molecule has 7 heteroatoms. The van der Waals surface area contributed by atoms with Gasteiger partial charge >= 0.3 is 5.97 Å². The molecule has 2 aromatic carbocycles. The van der Waals surface area contributed by atoms with Gasteiger partial charge in [-0.2, -0.15) is 0 Å². The lowest BCUT2D eigenvalue weighted by Crippen LogP contribution is -2.14. The van der Waals surface area contributed by atoms with Crippen LogP contribution in [0, 0.1) is 5.82 Å². The van der Waals surface area contributed by atoms with Crippen molar-refractivity contribution in [3.05, 3.63) is 57.8 Å². The first kappa shape index (κ1) is 15.0. The molecule has 0 unspecified atom stereocenters. The van der Waals surface area contributed by atoms with E-state index in [0.717, 1.165) is 6.07 Å². The first-order valence-corrected chi connectivity index (χ1v) is 6.51. The fourth-order valence-corrected chi connectivity index (χ4v) is 2.11. The van der Waals surface area contributed by atoms with E-state index in [1.807, 2.05) is 0 Å². The Morgan fingerprint density at radius 2 is 1.90 bits per heavy atom. The molecule has 0 aromatic heterocycles. The van der Waals surface area contributed by atoms with Crippen molar-refractivity contribution >= 4 is 33.5 Å². The molecule has 0 saturated heterocycles. The Bertz CT molecular complexity index is 713. The highest BCUT2D eigenvalue weighted by atomic mass is 79.9. The summed E-state index contributed by atoms with van der Waals surface area (Å²) in [6.07, 6.45) is 0. The summed E-state index contributed by atoms with van der Waals surface area (Å²) in [7, 11) is 0. The summed E-state index contributed by atoms with van der Waals surface area (Å²) < 4.78 is 13.9. The van der Waals surface area contributed by atoms with Crippen molar-refractivity contribution in [2.45, 2.75) is 0 Å². The molecular weight excluding hydrogens is 345 g/mol. The average molecular weight is 354 g/mol. The van der Waals surface area contributed by atoms with Crippen LogP contribution >= 0.6 is 15.9 Å². The van der Waals surface area contributed by atoms with Gasteiger partial charge in [0.25, 0.3) is 5.91 Å². The SMILES string of the molecule is O=C(O)c1cc(NC(=O)c2c(O)cccc2F)ccc1Br. The number of halogens is 2. The van der Waals surface area contributed by atoms with Crippen molar-refractivity contribution in [2.75, 3.05) is 5.32 Å². The third kappa shape index (κ3) is 3.19. The van der Waals surface area contributed by atoms with E-state index in [-0.39, 0.29) is 11.3 Å². The van der Waals surface area contributed by atoms with Gasteiger partial charge in [0.05, 0.1) is 5.56 Å². The number of rotatable bonds is 3. The van der Waals surface area contributed by atoms with E-state index in [0.29, 0.717) is 4.47 Å². The minimum Gasteiger partial charge on any atom is -0.507 e. The largest absolute Gasteiger partial charge is 0.507 e. The highest BCUT2D eigenvalue weighted by Gasteiger charge is 2.17. The number of amides is 1. The number of carboxylic acids is 1. The molecule has 21 heavy (non-hydrogen) atoms. The van der Waals surface area contributed by atoms with E-state index < -0.39 is 29.0 Å². The Labute approximate surface area is 127 Å². The van der Waals surface area contributed by atoms with Crippen molar-refractivity contribution in [3.63, 3.8) is 0 Å². The van der Waals surface area contributed by atoms with Crippen LogP contribution in [0.25, 0.3) is 0 Å². The van der Waals surface area contributed by atoms with Gasteiger partial charge in [-0.3, -0.25) is 4.79 Å².